The second-order valence-electron chi connectivity index (χ2n) is 0.941. The maximum Gasteiger partial charge on any atom is 0.326 e. The van der Waals surface area contributed by atoms with Gasteiger partial charge in [0, 0.05) is 14.2 Å². The van der Waals surface area contributed by atoms with Crippen molar-refractivity contribution in [1.29, 1.82) is 0 Å². The molecule has 0 aliphatic rings. The van der Waals surface area contributed by atoms with E-state index >= 15 is 0 Å². The molecule has 0 saturated heterocycles. The fourth-order valence-electron chi connectivity index (χ4n) is 0.180. The van der Waals surface area contributed by atoms with Crippen LogP contribution in [-0.4, -0.2) is 14.2 Å². The van der Waals surface area contributed by atoms with Crippen LogP contribution in [0.15, 0.2) is 0 Å². The minimum absolute atomic E-state index is 1.43. The van der Waals surface area contributed by atoms with Crippen molar-refractivity contribution < 1.29 is 13.6 Å². The Morgan fingerprint density at radius 2 is 1.75 bits per heavy atom. The molecule has 0 atom stereocenters. The molecule has 1 radical (unpaired) electrons. The van der Waals surface area contributed by atoms with E-state index in [-0.39, 0.29) is 0 Å². The standard InChI is InChI=1S/C3H8O3PS/c1-4-7(8,5-2)6-3/h1H2,2-3H3. The van der Waals surface area contributed by atoms with Gasteiger partial charge in [-0.1, -0.05) is 0 Å². The molecule has 0 N–H and O–H groups in total. The van der Waals surface area contributed by atoms with Crippen LogP contribution in [0.1, 0.15) is 0 Å². The molecule has 0 rings (SSSR count). The Balaban J connectivity index is 3.79. The Kier molecular flexibility index (Phi) is 3.77. The molecule has 0 aliphatic carbocycles. The largest absolute Gasteiger partial charge is 0.326 e. The maximum absolute atomic E-state index is 4.69. The Bertz CT molecular complexity index is 85.7. The van der Waals surface area contributed by atoms with Crippen LogP contribution in [0.5, 0.6) is 0 Å². The second-order valence-corrected chi connectivity index (χ2v) is 4.17. The summed E-state index contributed by atoms with van der Waals surface area (Å²) in [4.78, 5) is 0. The fraction of sp³-hybridized carbons (Fsp3) is 0.667. The molecule has 0 unspecified atom stereocenters. The summed E-state index contributed by atoms with van der Waals surface area (Å²) in [6.07, 6.45) is 0. The van der Waals surface area contributed by atoms with Gasteiger partial charge in [0.1, 0.15) is 0 Å². The Labute approximate surface area is 54.2 Å². The van der Waals surface area contributed by atoms with Crippen molar-refractivity contribution in [3.8, 4) is 0 Å². The summed E-state index contributed by atoms with van der Waals surface area (Å²) in [5, 5.41) is 0. The third-order valence-corrected chi connectivity index (χ3v) is 3.03. The lowest BCUT2D eigenvalue weighted by Gasteiger charge is -2.12. The molecule has 49 valence electrons. The van der Waals surface area contributed by atoms with Crippen LogP contribution in [0, 0.1) is 7.11 Å². The smallest absolute Gasteiger partial charge is 0.312 e. The average molecular weight is 155 g/mol. The summed E-state index contributed by atoms with van der Waals surface area (Å²) in [6, 6.07) is 0. The highest BCUT2D eigenvalue weighted by atomic mass is 32.5. The summed E-state index contributed by atoms with van der Waals surface area (Å²) in [7, 11) is 5.95. The lowest BCUT2D eigenvalue weighted by Crippen LogP contribution is -1.86. The molecule has 5 heteroatoms. The van der Waals surface area contributed by atoms with Crippen LogP contribution in [0.3, 0.4) is 0 Å². The third-order valence-electron chi connectivity index (χ3n) is 0.605. The van der Waals surface area contributed by atoms with Crippen molar-refractivity contribution in [3.63, 3.8) is 0 Å². The van der Waals surface area contributed by atoms with Crippen molar-refractivity contribution >= 4 is 18.5 Å². The number of rotatable bonds is 3. The normalized spacial score (nSPS) is 11.9. The lowest BCUT2D eigenvalue weighted by atomic mass is 11.8. The molecule has 0 aromatic carbocycles. The predicted molar refractivity (Wildman–Crippen MR) is 34.7 cm³/mol. The van der Waals surface area contributed by atoms with Gasteiger partial charge in [-0.3, -0.25) is 0 Å². The predicted octanol–water partition coefficient (Wildman–Crippen LogP) is 1.31. The molecule has 0 bridgehead atoms. The molecular weight excluding hydrogens is 147 g/mol. The number of hydrogen-bond acceptors (Lipinski definition) is 4. The van der Waals surface area contributed by atoms with E-state index in [0.29, 0.717) is 0 Å². The van der Waals surface area contributed by atoms with E-state index in [4.69, 9.17) is 0 Å². The van der Waals surface area contributed by atoms with Gasteiger partial charge in [-0.2, -0.15) is 0 Å². The quantitative estimate of drug-likeness (QED) is 0.574. The van der Waals surface area contributed by atoms with Gasteiger partial charge in [0.25, 0.3) is 0 Å². The molecule has 0 fully saturated rings. The molecule has 0 spiro atoms. The molecule has 0 aromatic rings. The van der Waals surface area contributed by atoms with Crippen LogP contribution in [-0.2, 0) is 25.4 Å². The third kappa shape index (κ3) is 2.20. The minimum atomic E-state index is -2.44. The summed E-state index contributed by atoms with van der Waals surface area (Å²) in [5.74, 6) is 0. The Hall–Kier alpha value is 0.530. The summed E-state index contributed by atoms with van der Waals surface area (Å²) in [5.41, 5.74) is 0. The van der Waals surface area contributed by atoms with E-state index in [9.17, 15) is 0 Å². The molecule has 8 heavy (non-hydrogen) atoms. The highest BCUT2D eigenvalue weighted by Crippen LogP contribution is 2.47. The highest BCUT2D eigenvalue weighted by Gasteiger charge is 2.12. The van der Waals surface area contributed by atoms with Gasteiger partial charge in [-0.15, -0.1) is 0 Å². The van der Waals surface area contributed by atoms with Gasteiger partial charge in [0.2, 0.25) is 0 Å². The first-order valence-corrected chi connectivity index (χ1v) is 4.39. The zero-order valence-electron chi connectivity index (χ0n) is 4.79. The van der Waals surface area contributed by atoms with E-state index in [1.165, 1.54) is 14.2 Å². The zero-order valence-corrected chi connectivity index (χ0v) is 6.50. The van der Waals surface area contributed by atoms with Crippen LogP contribution in [0.2, 0.25) is 0 Å². The van der Waals surface area contributed by atoms with E-state index in [1.54, 1.807) is 0 Å². The summed E-state index contributed by atoms with van der Waals surface area (Å²) >= 11 is 4.69. The summed E-state index contributed by atoms with van der Waals surface area (Å²) in [6.45, 7) is -2.44. The highest BCUT2D eigenvalue weighted by molar-refractivity contribution is 8.07. The van der Waals surface area contributed by atoms with Crippen molar-refractivity contribution in [2.45, 2.75) is 0 Å². The van der Waals surface area contributed by atoms with Gasteiger partial charge < -0.3 is 13.6 Å². The molecular formula is C3H8O3PS. The molecule has 0 amide bonds. The van der Waals surface area contributed by atoms with Crippen molar-refractivity contribution in [2.75, 3.05) is 14.2 Å². The van der Waals surface area contributed by atoms with Gasteiger partial charge >= 0.3 is 6.72 Å². The van der Waals surface area contributed by atoms with E-state index in [0.717, 1.165) is 0 Å². The first kappa shape index (κ1) is 8.53. The molecule has 0 aromatic heterocycles. The topological polar surface area (TPSA) is 27.7 Å². The van der Waals surface area contributed by atoms with Crippen molar-refractivity contribution in [2.24, 2.45) is 0 Å². The maximum atomic E-state index is 4.69. The zero-order chi connectivity index (χ0) is 6.62. The fourth-order valence-corrected chi connectivity index (χ4v) is 0.540. The lowest BCUT2D eigenvalue weighted by molar-refractivity contribution is 0.252. The van der Waals surface area contributed by atoms with E-state index in [1.807, 2.05) is 0 Å². The molecule has 0 heterocycles. The van der Waals surface area contributed by atoms with Crippen LogP contribution in [0.4, 0.5) is 0 Å². The van der Waals surface area contributed by atoms with Crippen molar-refractivity contribution in [3.05, 3.63) is 7.11 Å². The average Bonchev–Trinajstić information content (AvgIpc) is 1.87. The van der Waals surface area contributed by atoms with E-state index in [2.05, 4.69) is 32.5 Å². The number of hydrogen-bond donors (Lipinski definition) is 0. The van der Waals surface area contributed by atoms with Crippen LogP contribution in [0.25, 0.3) is 0 Å². The molecule has 0 aliphatic heterocycles. The SMILES string of the molecule is [CH2]OP(=S)(OC)OC. The second kappa shape index (κ2) is 3.54. The Morgan fingerprint density at radius 1 is 1.38 bits per heavy atom. The first-order valence-electron chi connectivity index (χ1n) is 1.84. The van der Waals surface area contributed by atoms with Gasteiger partial charge in [0.05, 0.1) is 7.11 Å². The molecule has 0 saturated carbocycles. The van der Waals surface area contributed by atoms with E-state index < -0.39 is 6.72 Å². The summed E-state index contributed by atoms with van der Waals surface area (Å²) < 4.78 is 13.8. The molecule has 3 nitrogen and oxygen atoms in total. The minimum Gasteiger partial charge on any atom is -0.312 e. The Morgan fingerprint density at radius 3 is 1.75 bits per heavy atom. The monoisotopic (exact) mass is 155 g/mol. The first-order chi connectivity index (χ1) is 3.68. The van der Waals surface area contributed by atoms with Gasteiger partial charge in [0.15, 0.2) is 0 Å². The van der Waals surface area contributed by atoms with Gasteiger partial charge in [-0.05, 0) is 11.8 Å². The van der Waals surface area contributed by atoms with Crippen molar-refractivity contribution in [1.82, 2.24) is 0 Å². The van der Waals surface area contributed by atoms with Crippen LogP contribution < -0.4 is 0 Å². The van der Waals surface area contributed by atoms with Gasteiger partial charge in [-0.25, -0.2) is 0 Å². The van der Waals surface area contributed by atoms with Crippen LogP contribution >= 0.6 is 6.72 Å².